The molecule has 0 unspecified atom stereocenters. The van der Waals surface area contributed by atoms with E-state index in [2.05, 4.69) is 18.1 Å². The third-order valence-electron chi connectivity index (χ3n) is 1.94. The van der Waals surface area contributed by atoms with Crippen LogP contribution in [0.5, 0.6) is 0 Å². The molecule has 0 fully saturated rings. The van der Waals surface area contributed by atoms with Crippen LogP contribution in [0.3, 0.4) is 0 Å². The molecule has 0 aliphatic heterocycles. The lowest BCUT2D eigenvalue weighted by Crippen LogP contribution is -2.41. The maximum absolute atomic E-state index is 5.42. The molecule has 1 aromatic carbocycles. The Morgan fingerprint density at radius 1 is 1.33 bits per heavy atom. The second-order valence-corrected chi connectivity index (χ2v) is 3.77. The molecular formula is C9H14N2S. The van der Waals surface area contributed by atoms with Crippen molar-refractivity contribution in [1.82, 2.24) is 5.43 Å². The van der Waals surface area contributed by atoms with Gasteiger partial charge in [0.2, 0.25) is 0 Å². The lowest BCUT2D eigenvalue weighted by molar-refractivity contribution is 0.408. The van der Waals surface area contributed by atoms with E-state index >= 15 is 0 Å². The first-order valence-corrected chi connectivity index (χ1v) is 4.29. The number of rotatable bonds is 2. The number of nitrogens with one attached hydrogen (secondary N) is 1. The standard InChI is InChI=1S/C9H14N2S/c1-9(2,11-10)7-5-3-4-6-8(7)12/h3-6,11-12H,10H2,1-2H3. The highest BCUT2D eigenvalue weighted by molar-refractivity contribution is 7.80. The van der Waals surface area contributed by atoms with E-state index in [1.165, 1.54) is 0 Å². The topological polar surface area (TPSA) is 38.0 Å². The Hall–Kier alpha value is -0.510. The van der Waals surface area contributed by atoms with Gasteiger partial charge >= 0.3 is 0 Å². The van der Waals surface area contributed by atoms with Crippen LogP contribution >= 0.6 is 12.6 Å². The number of hydrogen-bond donors (Lipinski definition) is 3. The van der Waals surface area contributed by atoms with E-state index < -0.39 is 0 Å². The van der Waals surface area contributed by atoms with Gasteiger partial charge in [0.25, 0.3) is 0 Å². The van der Waals surface area contributed by atoms with Gasteiger partial charge in [-0.05, 0) is 25.5 Å². The Morgan fingerprint density at radius 3 is 2.42 bits per heavy atom. The summed E-state index contributed by atoms with van der Waals surface area (Å²) >= 11 is 4.35. The summed E-state index contributed by atoms with van der Waals surface area (Å²) in [7, 11) is 0. The zero-order chi connectivity index (χ0) is 9.19. The van der Waals surface area contributed by atoms with Gasteiger partial charge in [-0.2, -0.15) is 0 Å². The van der Waals surface area contributed by atoms with Crippen molar-refractivity contribution in [1.29, 1.82) is 0 Å². The van der Waals surface area contributed by atoms with E-state index in [0.29, 0.717) is 0 Å². The van der Waals surface area contributed by atoms with Gasteiger partial charge in [-0.1, -0.05) is 18.2 Å². The Labute approximate surface area is 78.5 Å². The molecule has 0 bridgehead atoms. The monoisotopic (exact) mass is 182 g/mol. The lowest BCUT2D eigenvalue weighted by Gasteiger charge is -2.25. The molecule has 0 aromatic heterocycles. The minimum atomic E-state index is -0.224. The van der Waals surface area contributed by atoms with E-state index in [1.807, 2.05) is 38.1 Å². The minimum absolute atomic E-state index is 0.224. The molecule has 0 atom stereocenters. The maximum atomic E-state index is 5.42. The number of nitrogens with two attached hydrogens (primary N) is 1. The Bertz CT molecular complexity index is 271. The van der Waals surface area contributed by atoms with Gasteiger partial charge in [0, 0.05) is 4.90 Å². The molecule has 0 radical (unpaired) electrons. The molecule has 0 aliphatic rings. The first-order chi connectivity index (χ1) is 5.58. The quantitative estimate of drug-likeness (QED) is 0.370. The number of hydrogen-bond acceptors (Lipinski definition) is 3. The average Bonchev–Trinajstić information content (AvgIpc) is 2.05. The summed E-state index contributed by atoms with van der Waals surface area (Å²) in [5, 5.41) is 0. The molecule has 0 spiro atoms. The first kappa shape index (κ1) is 9.58. The van der Waals surface area contributed by atoms with Crippen LogP contribution < -0.4 is 11.3 Å². The maximum Gasteiger partial charge on any atom is 0.0524 e. The van der Waals surface area contributed by atoms with Crippen LogP contribution in [0.15, 0.2) is 29.2 Å². The molecule has 2 nitrogen and oxygen atoms in total. The van der Waals surface area contributed by atoms with Gasteiger partial charge in [0.15, 0.2) is 0 Å². The van der Waals surface area contributed by atoms with Crippen molar-refractivity contribution in [2.75, 3.05) is 0 Å². The Morgan fingerprint density at radius 2 is 1.92 bits per heavy atom. The summed E-state index contributed by atoms with van der Waals surface area (Å²) in [6, 6.07) is 7.91. The van der Waals surface area contributed by atoms with Gasteiger partial charge in [-0.25, -0.2) is 0 Å². The second-order valence-electron chi connectivity index (χ2n) is 3.29. The Balaban J connectivity index is 3.10. The molecule has 0 amide bonds. The van der Waals surface area contributed by atoms with Crippen molar-refractivity contribution in [3.63, 3.8) is 0 Å². The zero-order valence-corrected chi connectivity index (χ0v) is 8.23. The highest BCUT2D eigenvalue weighted by atomic mass is 32.1. The average molecular weight is 182 g/mol. The summed E-state index contributed by atoms with van der Waals surface area (Å²) in [5.41, 5.74) is 3.63. The molecule has 1 aromatic rings. The zero-order valence-electron chi connectivity index (χ0n) is 7.33. The van der Waals surface area contributed by atoms with Crippen molar-refractivity contribution in [3.8, 4) is 0 Å². The normalized spacial score (nSPS) is 11.7. The SMILES string of the molecule is CC(C)(NN)c1ccccc1S. The molecular weight excluding hydrogens is 168 g/mol. The molecule has 12 heavy (non-hydrogen) atoms. The van der Waals surface area contributed by atoms with Crippen molar-refractivity contribution in [3.05, 3.63) is 29.8 Å². The lowest BCUT2D eigenvalue weighted by atomic mass is 9.95. The van der Waals surface area contributed by atoms with E-state index in [1.54, 1.807) is 0 Å². The largest absolute Gasteiger partial charge is 0.271 e. The van der Waals surface area contributed by atoms with Gasteiger partial charge in [0.1, 0.15) is 0 Å². The van der Waals surface area contributed by atoms with Crippen molar-refractivity contribution in [2.45, 2.75) is 24.3 Å². The predicted octanol–water partition coefficient (Wildman–Crippen LogP) is 1.67. The fourth-order valence-electron chi connectivity index (χ4n) is 1.08. The van der Waals surface area contributed by atoms with E-state index in [4.69, 9.17) is 5.84 Å². The summed E-state index contributed by atoms with van der Waals surface area (Å²) in [5.74, 6) is 5.42. The first-order valence-electron chi connectivity index (χ1n) is 3.84. The van der Waals surface area contributed by atoms with Crippen LogP contribution in [0.4, 0.5) is 0 Å². The summed E-state index contributed by atoms with van der Waals surface area (Å²) in [6.07, 6.45) is 0. The van der Waals surface area contributed by atoms with Crippen molar-refractivity contribution < 1.29 is 0 Å². The highest BCUT2D eigenvalue weighted by Crippen LogP contribution is 2.24. The summed E-state index contributed by atoms with van der Waals surface area (Å²) < 4.78 is 0. The fraction of sp³-hybridized carbons (Fsp3) is 0.333. The van der Waals surface area contributed by atoms with Crippen LogP contribution in [0, 0.1) is 0 Å². The minimum Gasteiger partial charge on any atom is -0.271 e. The number of thiol groups is 1. The van der Waals surface area contributed by atoms with Crippen LogP contribution in [0.25, 0.3) is 0 Å². The summed E-state index contributed by atoms with van der Waals surface area (Å²) in [6.45, 7) is 4.03. The fourth-order valence-corrected chi connectivity index (χ4v) is 1.52. The van der Waals surface area contributed by atoms with Crippen LogP contribution in [0.2, 0.25) is 0 Å². The molecule has 0 aliphatic carbocycles. The molecule has 3 N–H and O–H groups in total. The summed E-state index contributed by atoms with van der Waals surface area (Å²) in [4.78, 5) is 0.959. The third kappa shape index (κ3) is 1.80. The van der Waals surface area contributed by atoms with Gasteiger partial charge in [-0.15, -0.1) is 12.6 Å². The molecule has 0 heterocycles. The van der Waals surface area contributed by atoms with Crippen LogP contribution in [0.1, 0.15) is 19.4 Å². The molecule has 3 heteroatoms. The van der Waals surface area contributed by atoms with Gasteiger partial charge < -0.3 is 0 Å². The third-order valence-corrected chi connectivity index (χ3v) is 2.33. The predicted molar refractivity (Wildman–Crippen MR) is 54.0 cm³/mol. The molecule has 0 saturated carbocycles. The molecule has 1 rings (SSSR count). The van der Waals surface area contributed by atoms with E-state index in [9.17, 15) is 0 Å². The highest BCUT2D eigenvalue weighted by Gasteiger charge is 2.19. The van der Waals surface area contributed by atoms with E-state index in [-0.39, 0.29) is 5.54 Å². The van der Waals surface area contributed by atoms with E-state index in [0.717, 1.165) is 10.5 Å². The smallest absolute Gasteiger partial charge is 0.0524 e. The van der Waals surface area contributed by atoms with Crippen molar-refractivity contribution in [2.24, 2.45) is 5.84 Å². The van der Waals surface area contributed by atoms with Crippen LogP contribution in [-0.4, -0.2) is 0 Å². The number of hydrazine groups is 1. The van der Waals surface area contributed by atoms with Crippen molar-refractivity contribution >= 4 is 12.6 Å². The van der Waals surface area contributed by atoms with Crippen LogP contribution in [-0.2, 0) is 5.54 Å². The second kappa shape index (κ2) is 3.47. The van der Waals surface area contributed by atoms with Gasteiger partial charge in [0.05, 0.1) is 5.54 Å². The molecule has 66 valence electrons. The van der Waals surface area contributed by atoms with Gasteiger partial charge in [-0.3, -0.25) is 11.3 Å². The molecule has 0 saturated heterocycles. The number of benzene rings is 1. The Kier molecular flexibility index (Phi) is 2.77.